The summed E-state index contributed by atoms with van der Waals surface area (Å²) in [6, 6.07) is -0.721. The number of rotatable bonds is 46. The minimum absolute atomic E-state index is 0.0413. The van der Waals surface area contributed by atoms with Gasteiger partial charge in [0, 0.05) is 6.42 Å². The second-order valence-corrected chi connectivity index (χ2v) is 17.7. The first-order chi connectivity index (χ1) is 30.5. The molecule has 0 saturated carbocycles. The fourth-order valence-electron chi connectivity index (χ4n) is 7.63. The number of esters is 1. The summed E-state index contributed by atoms with van der Waals surface area (Å²) in [6.45, 7) is 6.38. The number of hydrogen-bond acceptors (Lipinski definition) is 5. The van der Waals surface area contributed by atoms with Crippen LogP contribution in [0, 0.1) is 0 Å². The monoisotopic (exact) mass is 866 g/mol. The molecule has 0 aromatic rings. The van der Waals surface area contributed by atoms with Crippen molar-refractivity contribution in [2.45, 2.75) is 264 Å². The van der Waals surface area contributed by atoms with Crippen molar-refractivity contribution in [1.82, 2.24) is 5.32 Å². The summed E-state index contributed by atoms with van der Waals surface area (Å²) in [4.78, 5) is 26.1. The Labute approximate surface area is 383 Å². The molecule has 0 aliphatic rings. The lowest BCUT2D eigenvalue weighted by Crippen LogP contribution is -2.46. The second-order valence-electron chi connectivity index (χ2n) is 17.7. The number of unbranched alkanes of at least 4 members (excludes halogenated alkanes) is 26. The van der Waals surface area contributed by atoms with Crippen LogP contribution in [-0.4, -0.2) is 46.9 Å². The molecule has 0 aromatic carbocycles. The average Bonchev–Trinajstić information content (AvgIpc) is 3.26. The summed E-state index contributed by atoms with van der Waals surface area (Å²) < 4.78 is 5.91. The molecule has 6 nitrogen and oxygen atoms in total. The van der Waals surface area contributed by atoms with Gasteiger partial charge in [0.05, 0.1) is 25.2 Å². The van der Waals surface area contributed by atoms with Crippen molar-refractivity contribution in [3.63, 3.8) is 0 Å². The number of amides is 1. The molecule has 3 unspecified atom stereocenters. The molecule has 0 saturated heterocycles. The van der Waals surface area contributed by atoms with Crippen LogP contribution in [0.2, 0.25) is 0 Å². The molecule has 0 aromatic heterocycles. The van der Waals surface area contributed by atoms with Gasteiger partial charge in [-0.1, -0.05) is 235 Å². The molecule has 0 radical (unpaired) electrons. The van der Waals surface area contributed by atoms with E-state index in [-0.39, 0.29) is 24.9 Å². The fourth-order valence-corrected chi connectivity index (χ4v) is 7.63. The summed E-state index contributed by atoms with van der Waals surface area (Å²) in [6.07, 6.45) is 62.4. The molecule has 6 heteroatoms. The van der Waals surface area contributed by atoms with Crippen molar-refractivity contribution in [3.05, 3.63) is 72.9 Å². The molecule has 358 valence electrons. The molecule has 0 heterocycles. The number of allylic oxidation sites excluding steroid dienone is 12. The Morgan fingerprint density at radius 3 is 1.37 bits per heavy atom. The van der Waals surface area contributed by atoms with E-state index in [1.54, 1.807) is 0 Å². The van der Waals surface area contributed by atoms with Gasteiger partial charge in [0.2, 0.25) is 5.91 Å². The third-order valence-electron chi connectivity index (χ3n) is 11.6. The molecular formula is C56H99NO5. The van der Waals surface area contributed by atoms with E-state index in [9.17, 15) is 19.8 Å². The minimum atomic E-state index is -0.804. The average molecular weight is 866 g/mol. The Kier molecular flexibility index (Phi) is 47.2. The molecule has 0 rings (SSSR count). The van der Waals surface area contributed by atoms with Crippen LogP contribution < -0.4 is 5.32 Å². The lowest BCUT2D eigenvalue weighted by molar-refractivity contribution is -0.151. The van der Waals surface area contributed by atoms with Gasteiger partial charge in [0.25, 0.3) is 0 Å². The quantitative estimate of drug-likeness (QED) is 0.0245. The molecule has 0 aliphatic carbocycles. The third kappa shape index (κ3) is 43.9. The maximum absolute atomic E-state index is 13.2. The summed E-state index contributed by atoms with van der Waals surface area (Å²) in [5.74, 6) is -0.535. The Hall–Kier alpha value is -2.70. The number of nitrogens with one attached hydrogen (secondary N) is 1. The van der Waals surface area contributed by atoms with E-state index in [1.165, 1.54) is 116 Å². The van der Waals surface area contributed by atoms with Gasteiger partial charge in [-0.2, -0.15) is 0 Å². The standard InChI is InChI=1S/C56H99NO5/c1-4-7-10-13-16-19-22-25-27-28-30-32-35-38-41-44-47-52(62-56(61)49-46-43-40-37-34-31-26-23-20-17-14-11-8-5-2)50-55(60)57-53(51-58)54(59)48-45-42-39-36-33-29-24-21-18-15-12-9-6-3/h10,13,16,19,22,25,27-28,30-32,34,52-54,58-59H,4-9,11-12,14-15,17-18,20-21,23-24,26,29,33,35-51H2,1-3H3,(H,57,60)/b13-10+,19-16+,25-22+,28-27+,32-30+,34-31-. The number of ether oxygens (including phenoxy) is 1. The van der Waals surface area contributed by atoms with Crippen LogP contribution >= 0.6 is 0 Å². The molecule has 3 atom stereocenters. The topological polar surface area (TPSA) is 95.9 Å². The molecule has 62 heavy (non-hydrogen) atoms. The van der Waals surface area contributed by atoms with Crippen LogP contribution in [0.1, 0.15) is 245 Å². The van der Waals surface area contributed by atoms with Gasteiger partial charge >= 0.3 is 5.97 Å². The highest BCUT2D eigenvalue weighted by molar-refractivity contribution is 5.77. The van der Waals surface area contributed by atoms with E-state index in [2.05, 4.69) is 62.5 Å². The van der Waals surface area contributed by atoms with E-state index in [0.29, 0.717) is 19.3 Å². The van der Waals surface area contributed by atoms with Crippen LogP contribution in [0.5, 0.6) is 0 Å². The Balaban J connectivity index is 4.71. The molecule has 3 N–H and O–H groups in total. The van der Waals surface area contributed by atoms with E-state index in [1.807, 2.05) is 36.5 Å². The summed E-state index contributed by atoms with van der Waals surface area (Å²) in [7, 11) is 0. The van der Waals surface area contributed by atoms with Crippen molar-refractivity contribution in [2.75, 3.05) is 6.61 Å². The lowest BCUT2D eigenvalue weighted by atomic mass is 10.0. The van der Waals surface area contributed by atoms with E-state index >= 15 is 0 Å². The van der Waals surface area contributed by atoms with Crippen LogP contribution in [-0.2, 0) is 14.3 Å². The zero-order chi connectivity index (χ0) is 45.2. The molecule has 0 bridgehead atoms. The first-order valence-corrected chi connectivity index (χ1v) is 26.2. The van der Waals surface area contributed by atoms with Gasteiger partial charge in [-0.15, -0.1) is 0 Å². The van der Waals surface area contributed by atoms with Gasteiger partial charge in [0.1, 0.15) is 6.10 Å². The van der Waals surface area contributed by atoms with Crippen molar-refractivity contribution in [2.24, 2.45) is 0 Å². The Morgan fingerprint density at radius 1 is 0.468 bits per heavy atom. The van der Waals surface area contributed by atoms with Crippen molar-refractivity contribution in [1.29, 1.82) is 0 Å². The number of aliphatic hydroxyl groups excluding tert-OH is 2. The van der Waals surface area contributed by atoms with Gasteiger partial charge in [-0.25, -0.2) is 0 Å². The number of hydrogen-bond donors (Lipinski definition) is 3. The lowest BCUT2D eigenvalue weighted by Gasteiger charge is -2.24. The third-order valence-corrected chi connectivity index (χ3v) is 11.6. The molecule has 0 aliphatic heterocycles. The largest absolute Gasteiger partial charge is 0.462 e. The van der Waals surface area contributed by atoms with Gasteiger partial charge in [-0.3, -0.25) is 9.59 Å². The van der Waals surface area contributed by atoms with Crippen molar-refractivity contribution < 1.29 is 24.5 Å². The van der Waals surface area contributed by atoms with Gasteiger partial charge in [-0.05, 0) is 70.6 Å². The highest BCUT2D eigenvalue weighted by Crippen LogP contribution is 2.17. The van der Waals surface area contributed by atoms with Crippen LogP contribution in [0.15, 0.2) is 72.9 Å². The SMILES string of the molecule is CCC/C=C/C=C/C=C/C=C/C=C/CCCCCC(CC(=O)NC(CO)C(O)CCCCCCCCCCCCCCC)OC(=O)CCCCC/C=C\CCCCCCCCC. The molecule has 0 spiro atoms. The van der Waals surface area contributed by atoms with Crippen LogP contribution in [0.4, 0.5) is 0 Å². The van der Waals surface area contributed by atoms with Crippen molar-refractivity contribution in [3.8, 4) is 0 Å². The molecular weight excluding hydrogens is 767 g/mol. The number of carbonyl (C=O) groups is 2. The van der Waals surface area contributed by atoms with E-state index in [0.717, 1.165) is 83.5 Å². The first-order valence-electron chi connectivity index (χ1n) is 26.2. The summed E-state index contributed by atoms with van der Waals surface area (Å²) in [5.41, 5.74) is 0. The Bertz CT molecular complexity index is 1150. The fraction of sp³-hybridized carbons (Fsp3) is 0.750. The number of aliphatic hydroxyl groups is 2. The summed E-state index contributed by atoms with van der Waals surface area (Å²) in [5, 5.41) is 23.8. The maximum atomic E-state index is 13.2. The van der Waals surface area contributed by atoms with Crippen LogP contribution in [0.25, 0.3) is 0 Å². The van der Waals surface area contributed by atoms with E-state index < -0.39 is 18.2 Å². The predicted molar refractivity (Wildman–Crippen MR) is 268 cm³/mol. The van der Waals surface area contributed by atoms with Gasteiger partial charge in [0.15, 0.2) is 0 Å². The zero-order valence-electron chi connectivity index (χ0n) is 40.7. The normalized spacial score (nSPS) is 13.8. The highest BCUT2D eigenvalue weighted by atomic mass is 16.5. The van der Waals surface area contributed by atoms with Crippen molar-refractivity contribution >= 4 is 11.9 Å². The predicted octanol–water partition coefficient (Wildman–Crippen LogP) is 15.8. The minimum Gasteiger partial charge on any atom is -0.462 e. The summed E-state index contributed by atoms with van der Waals surface area (Å²) >= 11 is 0. The first kappa shape index (κ1) is 59.3. The molecule has 0 fully saturated rings. The highest BCUT2D eigenvalue weighted by Gasteiger charge is 2.24. The van der Waals surface area contributed by atoms with Gasteiger partial charge < -0.3 is 20.3 Å². The maximum Gasteiger partial charge on any atom is 0.306 e. The number of carbonyl (C=O) groups excluding carboxylic acids is 2. The Morgan fingerprint density at radius 2 is 0.871 bits per heavy atom. The second kappa shape index (κ2) is 49.3. The smallest absolute Gasteiger partial charge is 0.306 e. The van der Waals surface area contributed by atoms with Crippen LogP contribution in [0.3, 0.4) is 0 Å². The molecule has 1 amide bonds. The van der Waals surface area contributed by atoms with E-state index in [4.69, 9.17) is 4.74 Å². The zero-order valence-corrected chi connectivity index (χ0v) is 40.7.